The van der Waals surface area contributed by atoms with Crippen LogP contribution in [0.4, 0.5) is 5.69 Å². The van der Waals surface area contributed by atoms with Crippen LogP contribution in [0.3, 0.4) is 0 Å². The van der Waals surface area contributed by atoms with Crippen molar-refractivity contribution in [2.75, 3.05) is 11.9 Å². The lowest BCUT2D eigenvalue weighted by Gasteiger charge is -2.14. The first-order chi connectivity index (χ1) is 9.56. The van der Waals surface area contributed by atoms with Crippen LogP contribution in [0.15, 0.2) is 36.9 Å². The second-order valence-corrected chi connectivity index (χ2v) is 4.44. The third-order valence-corrected chi connectivity index (χ3v) is 2.81. The zero-order valence-corrected chi connectivity index (χ0v) is 11.8. The van der Waals surface area contributed by atoms with E-state index >= 15 is 0 Å². The summed E-state index contributed by atoms with van der Waals surface area (Å²) in [6, 6.07) is 7.47. The average Bonchev–Trinajstić information content (AvgIpc) is 2.45. The Bertz CT molecular complexity index is 486. The molecule has 0 bridgehead atoms. The molecule has 108 valence electrons. The van der Waals surface area contributed by atoms with Crippen LogP contribution in [0.25, 0.3) is 0 Å². The third kappa shape index (κ3) is 5.24. The Balaban J connectivity index is 2.56. The van der Waals surface area contributed by atoms with E-state index in [4.69, 9.17) is 5.84 Å². The molecule has 0 unspecified atom stereocenters. The normalized spacial score (nSPS) is 9.90. The minimum atomic E-state index is -0.132. The summed E-state index contributed by atoms with van der Waals surface area (Å²) < 4.78 is 0. The van der Waals surface area contributed by atoms with Crippen LogP contribution in [0.2, 0.25) is 0 Å². The summed E-state index contributed by atoms with van der Waals surface area (Å²) >= 11 is 0. The van der Waals surface area contributed by atoms with E-state index < -0.39 is 0 Å². The van der Waals surface area contributed by atoms with Crippen molar-refractivity contribution in [2.24, 2.45) is 5.84 Å². The number of aryl methyl sites for hydroxylation is 1. The lowest BCUT2D eigenvalue weighted by atomic mass is 10.1. The van der Waals surface area contributed by atoms with Crippen molar-refractivity contribution >= 4 is 17.5 Å². The third-order valence-electron chi connectivity index (χ3n) is 2.81. The van der Waals surface area contributed by atoms with Gasteiger partial charge in [-0.15, -0.1) is 6.58 Å². The summed E-state index contributed by atoms with van der Waals surface area (Å²) in [6.07, 6.45) is 2.93. The van der Waals surface area contributed by atoms with E-state index in [9.17, 15) is 9.59 Å². The minimum Gasteiger partial charge on any atom is -0.326 e. The van der Waals surface area contributed by atoms with Crippen LogP contribution in [-0.4, -0.2) is 23.4 Å². The number of hydrazine groups is 1. The Kier molecular flexibility index (Phi) is 6.46. The number of benzene rings is 1. The number of anilines is 1. The Morgan fingerprint density at radius 3 is 2.85 bits per heavy atom. The molecule has 1 aromatic rings. The molecule has 0 aliphatic carbocycles. The molecule has 5 heteroatoms. The molecule has 0 heterocycles. The molecular weight excluding hydrogens is 254 g/mol. The SMILES string of the molecule is C=CCN(N)C(=O)CCc1cccc(NC(=O)CC)c1. The predicted molar refractivity (Wildman–Crippen MR) is 79.8 cm³/mol. The molecular formula is C15H21N3O2. The van der Waals surface area contributed by atoms with E-state index in [1.807, 2.05) is 24.3 Å². The molecule has 1 aromatic carbocycles. The van der Waals surface area contributed by atoms with Crippen LogP contribution in [0, 0.1) is 0 Å². The minimum absolute atomic E-state index is 0.0302. The van der Waals surface area contributed by atoms with E-state index in [1.165, 1.54) is 0 Å². The van der Waals surface area contributed by atoms with Gasteiger partial charge in [-0.25, -0.2) is 5.84 Å². The highest BCUT2D eigenvalue weighted by Crippen LogP contribution is 2.13. The molecule has 1 rings (SSSR count). The van der Waals surface area contributed by atoms with Crippen molar-refractivity contribution < 1.29 is 9.59 Å². The fourth-order valence-electron chi connectivity index (χ4n) is 1.69. The Labute approximate surface area is 119 Å². The summed E-state index contributed by atoms with van der Waals surface area (Å²) in [4.78, 5) is 23.0. The number of hydrogen-bond donors (Lipinski definition) is 2. The molecule has 0 atom stereocenters. The first kappa shape index (κ1) is 15.9. The van der Waals surface area contributed by atoms with Gasteiger partial charge in [-0.3, -0.25) is 14.6 Å². The van der Waals surface area contributed by atoms with Crippen LogP contribution >= 0.6 is 0 Å². The molecule has 0 saturated heterocycles. The van der Waals surface area contributed by atoms with Crippen LogP contribution in [-0.2, 0) is 16.0 Å². The molecule has 0 fully saturated rings. The fraction of sp³-hybridized carbons (Fsp3) is 0.333. The number of nitrogens with zero attached hydrogens (tertiary/aromatic N) is 1. The van der Waals surface area contributed by atoms with Crippen LogP contribution in [0.1, 0.15) is 25.3 Å². The van der Waals surface area contributed by atoms with Gasteiger partial charge in [-0.2, -0.15) is 0 Å². The maximum Gasteiger partial charge on any atom is 0.237 e. The number of carbonyl (C=O) groups excluding carboxylic acids is 2. The molecule has 2 amide bonds. The van der Waals surface area contributed by atoms with Gasteiger partial charge in [0, 0.05) is 18.5 Å². The first-order valence-corrected chi connectivity index (χ1v) is 6.61. The molecule has 0 aliphatic heterocycles. The van der Waals surface area contributed by atoms with Crippen molar-refractivity contribution in [3.05, 3.63) is 42.5 Å². The number of nitrogens with two attached hydrogens (primary N) is 1. The number of amides is 2. The topological polar surface area (TPSA) is 75.4 Å². The van der Waals surface area contributed by atoms with Gasteiger partial charge in [-0.05, 0) is 24.1 Å². The molecule has 3 N–H and O–H groups in total. The van der Waals surface area contributed by atoms with Crippen molar-refractivity contribution in [2.45, 2.75) is 26.2 Å². The van der Waals surface area contributed by atoms with Gasteiger partial charge in [-0.1, -0.05) is 25.1 Å². The highest BCUT2D eigenvalue weighted by Gasteiger charge is 2.08. The highest BCUT2D eigenvalue weighted by molar-refractivity contribution is 5.90. The van der Waals surface area contributed by atoms with Gasteiger partial charge in [0.1, 0.15) is 0 Å². The molecule has 0 aromatic heterocycles. The summed E-state index contributed by atoms with van der Waals surface area (Å²) in [5.74, 6) is 5.40. The molecule has 0 radical (unpaired) electrons. The zero-order valence-electron chi connectivity index (χ0n) is 11.8. The Hall–Kier alpha value is -2.14. The predicted octanol–water partition coefficient (Wildman–Crippen LogP) is 1.86. The monoisotopic (exact) mass is 275 g/mol. The van der Waals surface area contributed by atoms with Crippen molar-refractivity contribution in [1.82, 2.24) is 5.01 Å². The number of hydrogen-bond acceptors (Lipinski definition) is 3. The van der Waals surface area contributed by atoms with E-state index in [0.29, 0.717) is 25.8 Å². The van der Waals surface area contributed by atoms with E-state index in [1.54, 1.807) is 13.0 Å². The van der Waals surface area contributed by atoms with Crippen molar-refractivity contribution in [3.8, 4) is 0 Å². The summed E-state index contributed by atoms with van der Waals surface area (Å²) in [6.45, 7) is 5.67. The second kappa shape index (κ2) is 8.12. The molecule has 0 saturated carbocycles. The lowest BCUT2D eigenvalue weighted by Crippen LogP contribution is -2.37. The summed E-state index contributed by atoms with van der Waals surface area (Å²) in [5, 5.41) is 3.94. The molecule has 0 aliphatic rings. The zero-order chi connectivity index (χ0) is 15.0. The average molecular weight is 275 g/mol. The maximum absolute atomic E-state index is 11.7. The number of rotatable bonds is 7. The maximum atomic E-state index is 11.7. The quantitative estimate of drug-likeness (QED) is 0.345. The number of nitrogens with one attached hydrogen (secondary N) is 1. The van der Waals surface area contributed by atoms with Crippen LogP contribution in [0.5, 0.6) is 0 Å². The highest BCUT2D eigenvalue weighted by atomic mass is 16.2. The van der Waals surface area contributed by atoms with Crippen molar-refractivity contribution in [1.29, 1.82) is 0 Å². The van der Waals surface area contributed by atoms with Gasteiger partial charge in [0.15, 0.2) is 0 Å². The van der Waals surface area contributed by atoms with Crippen molar-refractivity contribution in [3.63, 3.8) is 0 Å². The number of carbonyl (C=O) groups is 2. The van der Waals surface area contributed by atoms with Crippen LogP contribution < -0.4 is 11.2 Å². The second-order valence-electron chi connectivity index (χ2n) is 4.44. The van der Waals surface area contributed by atoms with Gasteiger partial charge < -0.3 is 5.32 Å². The Morgan fingerprint density at radius 2 is 2.20 bits per heavy atom. The summed E-state index contributed by atoms with van der Waals surface area (Å²) in [7, 11) is 0. The van der Waals surface area contributed by atoms with E-state index in [0.717, 1.165) is 16.3 Å². The largest absolute Gasteiger partial charge is 0.326 e. The first-order valence-electron chi connectivity index (χ1n) is 6.61. The fourth-order valence-corrected chi connectivity index (χ4v) is 1.69. The smallest absolute Gasteiger partial charge is 0.237 e. The Morgan fingerprint density at radius 1 is 1.45 bits per heavy atom. The molecule has 0 spiro atoms. The van der Waals surface area contributed by atoms with E-state index in [2.05, 4.69) is 11.9 Å². The molecule has 5 nitrogen and oxygen atoms in total. The van der Waals surface area contributed by atoms with Gasteiger partial charge in [0.25, 0.3) is 0 Å². The van der Waals surface area contributed by atoms with Gasteiger partial charge in [0.05, 0.1) is 6.54 Å². The lowest BCUT2D eigenvalue weighted by molar-refractivity contribution is -0.130. The van der Waals surface area contributed by atoms with Gasteiger partial charge >= 0.3 is 0 Å². The van der Waals surface area contributed by atoms with E-state index in [-0.39, 0.29) is 11.8 Å². The van der Waals surface area contributed by atoms with Gasteiger partial charge in [0.2, 0.25) is 11.8 Å². The summed E-state index contributed by atoms with van der Waals surface area (Å²) in [5.41, 5.74) is 1.73. The standard InChI is InChI=1S/C15H21N3O2/c1-3-10-18(16)15(20)9-8-12-6-5-7-13(11-12)17-14(19)4-2/h3,5-7,11H,1,4,8-10,16H2,2H3,(H,17,19). The molecule has 20 heavy (non-hydrogen) atoms.